The van der Waals surface area contributed by atoms with Gasteiger partial charge in [-0.1, -0.05) is 19.4 Å². The Morgan fingerprint density at radius 1 is 1.40 bits per heavy atom. The summed E-state index contributed by atoms with van der Waals surface area (Å²) in [5.41, 5.74) is 7.53. The normalized spacial score (nSPS) is 10.6. The van der Waals surface area contributed by atoms with Crippen LogP contribution in [-0.2, 0) is 6.54 Å². The number of fused-ring (bicyclic) bond motifs is 1. The Balaban J connectivity index is 2.09. The van der Waals surface area contributed by atoms with Gasteiger partial charge in [0.15, 0.2) is 10.4 Å². The summed E-state index contributed by atoms with van der Waals surface area (Å²) in [5.74, 6) is 1.04. The molecule has 0 unspecified atom stereocenters. The molecule has 30 heavy (non-hydrogen) atoms. The molecule has 156 valence electrons. The molecule has 10 nitrogen and oxygen atoms in total. The molecule has 0 aliphatic heterocycles. The summed E-state index contributed by atoms with van der Waals surface area (Å²) in [7, 11) is 1.55. The topological polar surface area (TPSA) is 141 Å². The number of primary amides is 1. The number of nitrogens with two attached hydrogens (primary N) is 1. The lowest BCUT2D eigenvalue weighted by Gasteiger charge is -2.12. The Morgan fingerprint density at radius 2 is 2.20 bits per heavy atom. The summed E-state index contributed by atoms with van der Waals surface area (Å²) in [6.45, 7) is 3.09. The van der Waals surface area contributed by atoms with Crippen molar-refractivity contribution < 1.29 is 14.3 Å². The summed E-state index contributed by atoms with van der Waals surface area (Å²) in [6.07, 6.45) is 0.924. The third-order valence-electron chi connectivity index (χ3n) is 4.28. The van der Waals surface area contributed by atoms with Gasteiger partial charge in [0.1, 0.15) is 16.8 Å². The fourth-order valence-corrected chi connectivity index (χ4v) is 3.36. The number of carbonyl (C=O) groups excluding carboxylic acids is 1. The minimum Gasteiger partial charge on any atom is -0.496 e. The van der Waals surface area contributed by atoms with Crippen LogP contribution in [0.1, 0.15) is 30.9 Å². The highest BCUT2D eigenvalue weighted by molar-refractivity contribution is 9.10. The van der Waals surface area contributed by atoms with Gasteiger partial charge >= 0.3 is 12.1 Å². The highest BCUT2D eigenvalue weighted by atomic mass is 79.9. The summed E-state index contributed by atoms with van der Waals surface area (Å²) in [6, 6.07) is 7.14. The molecule has 1 amide bonds. The second kappa shape index (κ2) is 9.41. The van der Waals surface area contributed by atoms with E-state index in [1.165, 1.54) is 0 Å². The number of anilines is 1. The Kier molecular flexibility index (Phi) is 6.68. The van der Waals surface area contributed by atoms with E-state index in [1.54, 1.807) is 23.9 Å². The molecular weight excluding hydrogens is 454 g/mol. The number of carbonyl (C=O) groups is 1. The first-order chi connectivity index (χ1) is 14.5. The lowest BCUT2D eigenvalue weighted by atomic mass is 10.1. The van der Waals surface area contributed by atoms with Gasteiger partial charge in [0.25, 0.3) is 0 Å². The summed E-state index contributed by atoms with van der Waals surface area (Å²) in [4.78, 5) is 19.7. The number of rotatable bonds is 8. The molecule has 3 rings (SSSR count). The van der Waals surface area contributed by atoms with Gasteiger partial charge in [-0.15, -0.1) is 0 Å². The number of hydrogen-bond donors (Lipinski definition) is 2. The highest BCUT2D eigenvalue weighted by Crippen LogP contribution is 2.31. The van der Waals surface area contributed by atoms with Crippen molar-refractivity contribution in [1.29, 1.82) is 5.26 Å². The van der Waals surface area contributed by atoms with Crippen LogP contribution in [0.15, 0.2) is 22.8 Å². The molecule has 2 heterocycles. The largest absolute Gasteiger partial charge is 0.496 e. The van der Waals surface area contributed by atoms with Crippen molar-refractivity contribution in [1.82, 2.24) is 19.7 Å². The third kappa shape index (κ3) is 4.60. The Bertz CT molecular complexity index is 1120. The van der Waals surface area contributed by atoms with E-state index in [0.29, 0.717) is 45.9 Å². The van der Waals surface area contributed by atoms with Crippen LogP contribution in [0.25, 0.3) is 11.0 Å². The van der Waals surface area contributed by atoms with Gasteiger partial charge < -0.3 is 20.5 Å². The van der Waals surface area contributed by atoms with Gasteiger partial charge in [-0.3, -0.25) is 4.68 Å². The standard InChI is InChI=1S/C19H20BrN7O3/c1-3-4-7-23-17-15-14(24-19(25-17)30-18(22)28)16(20)26-27(15)10-12-6-5-11(9-21)8-13(12)29-2/h5-6,8H,3-4,7,10H2,1-2H3,(H2,22,28)(H,23,24,25). The maximum atomic E-state index is 11.2. The average Bonchev–Trinajstić information content (AvgIpc) is 3.03. The number of nitrogens with one attached hydrogen (secondary N) is 1. The van der Waals surface area contributed by atoms with Gasteiger partial charge in [-0.05, 0) is 34.5 Å². The van der Waals surface area contributed by atoms with E-state index in [4.69, 9.17) is 20.5 Å². The van der Waals surface area contributed by atoms with Crippen LogP contribution in [0.4, 0.5) is 10.6 Å². The van der Waals surface area contributed by atoms with Crippen molar-refractivity contribution in [2.45, 2.75) is 26.3 Å². The van der Waals surface area contributed by atoms with E-state index in [1.807, 2.05) is 6.07 Å². The number of ether oxygens (including phenoxy) is 2. The molecule has 0 bridgehead atoms. The van der Waals surface area contributed by atoms with Crippen LogP contribution in [0.2, 0.25) is 0 Å². The second-order valence-corrected chi connectivity index (χ2v) is 7.09. The molecular formula is C19H20BrN7O3. The number of aromatic nitrogens is 4. The number of nitriles is 1. The molecule has 3 aromatic rings. The van der Waals surface area contributed by atoms with Gasteiger partial charge in [0.05, 0.1) is 25.3 Å². The van der Waals surface area contributed by atoms with Gasteiger partial charge in [0, 0.05) is 12.1 Å². The summed E-state index contributed by atoms with van der Waals surface area (Å²) < 4.78 is 12.5. The zero-order valence-corrected chi connectivity index (χ0v) is 18.1. The number of benzene rings is 1. The van der Waals surface area contributed by atoms with Crippen molar-refractivity contribution >= 4 is 38.9 Å². The predicted molar refractivity (Wildman–Crippen MR) is 113 cm³/mol. The van der Waals surface area contributed by atoms with Crippen LogP contribution >= 0.6 is 15.9 Å². The van der Waals surface area contributed by atoms with Crippen LogP contribution in [-0.4, -0.2) is 39.5 Å². The Morgan fingerprint density at radius 3 is 2.87 bits per heavy atom. The second-order valence-electron chi connectivity index (χ2n) is 6.34. The quantitative estimate of drug-likeness (QED) is 0.475. The highest BCUT2D eigenvalue weighted by Gasteiger charge is 2.20. The van der Waals surface area contributed by atoms with Crippen LogP contribution < -0.4 is 20.5 Å². The number of amides is 1. The molecule has 2 aromatic heterocycles. The molecule has 0 spiro atoms. The minimum absolute atomic E-state index is 0.162. The zero-order chi connectivity index (χ0) is 21.7. The molecule has 3 N–H and O–H groups in total. The van der Waals surface area contributed by atoms with Gasteiger partial charge in [-0.2, -0.15) is 20.3 Å². The monoisotopic (exact) mass is 473 g/mol. The summed E-state index contributed by atoms with van der Waals surface area (Å²) in [5, 5.41) is 16.9. The molecule has 11 heteroatoms. The molecule has 0 atom stereocenters. The summed E-state index contributed by atoms with van der Waals surface area (Å²) >= 11 is 3.41. The van der Waals surface area contributed by atoms with Crippen LogP contribution in [0.3, 0.4) is 0 Å². The predicted octanol–water partition coefficient (Wildman–Crippen LogP) is 3.19. The first-order valence-electron chi connectivity index (χ1n) is 9.19. The van der Waals surface area contributed by atoms with Crippen molar-refractivity contribution in [2.24, 2.45) is 5.73 Å². The Hall–Kier alpha value is -3.39. The minimum atomic E-state index is -1.00. The van der Waals surface area contributed by atoms with Gasteiger partial charge in [-0.25, -0.2) is 4.79 Å². The average molecular weight is 474 g/mol. The molecule has 0 aliphatic carbocycles. The smallest absolute Gasteiger partial charge is 0.412 e. The molecule has 0 saturated heterocycles. The van der Waals surface area contributed by atoms with E-state index in [9.17, 15) is 4.79 Å². The van der Waals surface area contributed by atoms with Crippen LogP contribution in [0, 0.1) is 11.3 Å². The van der Waals surface area contributed by atoms with Gasteiger partial charge in [0.2, 0.25) is 0 Å². The number of unbranched alkanes of at least 4 members (excludes halogenated alkanes) is 1. The molecule has 1 aromatic carbocycles. The lowest BCUT2D eigenvalue weighted by Crippen LogP contribution is -2.18. The number of methoxy groups -OCH3 is 1. The zero-order valence-electron chi connectivity index (χ0n) is 16.5. The third-order valence-corrected chi connectivity index (χ3v) is 4.81. The fraction of sp³-hybridized carbons (Fsp3) is 0.316. The number of hydrogen-bond acceptors (Lipinski definition) is 8. The molecule has 0 radical (unpaired) electrons. The maximum Gasteiger partial charge on any atom is 0.412 e. The Labute approximate surface area is 181 Å². The van der Waals surface area contributed by atoms with Crippen molar-refractivity contribution in [3.05, 3.63) is 33.9 Å². The number of halogens is 1. The van der Waals surface area contributed by atoms with E-state index in [2.05, 4.69) is 49.3 Å². The number of nitrogens with zero attached hydrogens (tertiary/aromatic N) is 5. The fourth-order valence-electron chi connectivity index (χ4n) is 2.89. The molecule has 0 fully saturated rings. The first kappa shape index (κ1) is 21.3. The van der Waals surface area contributed by atoms with E-state index in [0.717, 1.165) is 18.4 Å². The molecule has 0 saturated carbocycles. The first-order valence-corrected chi connectivity index (χ1v) is 9.98. The van der Waals surface area contributed by atoms with Crippen molar-refractivity contribution in [3.8, 4) is 17.8 Å². The van der Waals surface area contributed by atoms with Crippen molar-refractivity contribution in [2.75, 3.05) is 19.0 Å². The maximum absolute atomic E-state index is 11.2. The van der Waals surface area contributed by atoms with Crippen molar-refractivity contribution in [3.63, 3.8) is 0 Å². The molecule has 0 aliphatic rings. The lowest BCUT2D eigenvalue weighted by molar-refractivity contribution is 0.207. The van der Waals surface area contributed by atoms with E-state index >= 15 is 0 Å². The van der Waals surface area contributed by atoms with Crippen LogP contribution in [0.5, 0.6) is 11.8 Å². The van der Waals surface area contributed by atoms with E-state index in [-0.39, 0.29) is 6.01 Å². The SMILES string of the molecule is CCCCNc1nc(OC(N)=O)nc2c(Br)nn(Cc3ccc(C#N)cc3OC)c12. The van der Waals surface area contributed by atoms with E-state index < -0.39 is 6.09 Å².